The summed E-state index contributed by atoms with van der Waals surface area (Å²) in [5.41, 5.74) is -0.561. The average molecular weight is 420 g/mol. The molecular formula is C22H33N3O3S. The molecule has 1 aliphatic rings. The molecule has 6 nitrogen and oxygen atoms in total. The molecule has 1 heterocycles. The van der Waals surface area contributed by atoms with E-state index in [1.165, 1.54) is 11.3 Å². The Balaban J connectivity index is 2.29. The van der Waals surface area contributed by atoms with Crippen molar-refractivity contribution in [1.82, 2.24) is 10.2 Å². The zero-order chi connectivity index (χ0) is 21.3. The van der Waals surface area contributed by atoms with Crippen LogP contribution in [-0.4, -0.2) is 35.2 Å². The molecule has 29 heavy (non-hydrogen) atoms. The van der Waals surface area contributed by atoms with Gasteiger partial charge in [-0.1, -0.05) is 63.2 Å². The van der Waals surface area contributed by atoms with Gasteiger partial charge < -0.3 is 4.74 Å². The van der Waals surface area contributed by atoms with Crippen LogP contribution in [0.1, 0.15) is 63.8 Å². The second-order valence-electron chi connectivity index (χ2n) is 7.63. The van der Waals surface area contributed by atoms with Crippen molar-refractivity contribution < 1.29 is 14.3 Å². The van der Waals surface area contributed by atoms with Gasteiger partial charge in [-0.15, -0.1) is 16.8 Å². The van der Waals surface area contributed by atoms with Gasteiger partial charge >= 0.3 is 5.97 Å². The van der Waals surface area contributed by atoms with Crippen LogP contribution >= 0.6 is 11.3 Å². The van der Waals surface area contributed by atoms with Gasteiger partial charge in [0.15, 0.2) is 0 Å². The monoisotopic (exact) mass is 419 g/mol. The zero-order valence-corrected chi connectivity index (χ0v) is 18.5. The molecule has 1 atom stereocenters. The maximum atomic E-state index is 13.8. The van der Waals surface area contributed by atoms with Gasteiger partial charge in [0.05, 0.1) is 11.3 Å². The molecule has 0 aliphatic heterocycles. The van der Waals surface area contributed by atoms with Gasteiger partial charge in [0.1, 0.15) is 11.6 Å². The first kappa shape index (κ1) is 23.3. The highest BCUT2D eigenvalue weighted by molar-refractivity contribution is 7.15. The van der Waals surface area contributed by atoms with E-state index in [9.17, 15) is 9.59 Å². The van der Waals surface area contributed by atoms with Gasteiger partial charge in [-0.05, 0) is 32.1 Å². The lowest BCUT2D eigenvalue weighted by Crippen LogP contribution is -2.45. The second-order valence-corrected chi connectivity index (χ2v) is 8.67. The third-order valence-electron chi connectivity index (χ3n) is 5.51. The molecule has 0 bridgehead atoms. The van der Waals surface area contributed by atoms with Crippen molar-refractivity contribution >= 4 is 28.3 Å². The summed E-state index contributed by atoms with van der Waals surface area (Å²) < 4.78 is 5.33. The Labute approximate surface area is 178 Å². The molecule has 0 radical (unpaired) electrons. The second kappa shape index (κ2) is 11.2. The maximum absolute atomic E-state index is 13.8. The van der Waals surface area contributed by atoms with E-state index in [0.29, 0.717) is 24.5 Å². The molecule has 160 valence electrons. The van der Waals surface area contributed by atoms with Crippen LogP contribution in [0, 0.1) is 11.3 Å². The molecule has 1 amide bonds. The fourth-order valence-corrected chi connectivity index (χ4v) is 4.89. The summed E-state index contributed by atoms with van der Waals surface area (Å²) in [4.78, 5) is 28.1. The molecule has 1 aromatic rings. The highest BCUT2D eigenvalue weighted by Crippen LogP contribution is 2.46. The fraction of sp³-hybridized carbons (Fsp3) is 0.636. The molecule has 0 spiro atoms. The van der Waals surface area contributed by atoms with E-state index < -0.39 is 5.41 Å². The SMILES string of the molecule is C=CCOC(=O)[C@H](CCC)CC1(C(=O)N(CC=C)c2nnc(CC)s2)CCCC1. The normalized spacial score (nSPS) is 16.2. The largest absolute Gasteiger partial charge is 0.461 e. The van der Waals surface area contributed by atoms with Crippen molar-refractivity contribution in [1.29, 1.82) is 0 Å². The number of ether oxygens (including phenoxy) is 1. The van der Waals surface area contributed by atoms with Gasteiger partial charge in [-0.25, -0.2) is 0 Å². The van der Waals surface area contributed by atoms with E-state index in [0.717, 1.165) is 43.5 Å². The van der Waals surface area contributed by atoms with Crippen LogP contribution in [0.15, 0.2) is 25.3 Å². The minimum Gasteiger partial charge on any atom is -0.461 e. The smallest absolute Gasteiger partial charge is 0.309 e. The topological polar surface area (TPSA) is 72.4 Å². The van der Waals surface area contributed by atoms with Crippen molar-refractivity contribution in [2.45, 2.75) is 65.2 Å². The van der Waals surface area contributed by atoms with Crippen molar-refractivity contribution in [2.24, 2.45) is 11.3 Å². The van der Waals surface area contributed by atoms with Gasteiger partial charge in [-0.3, -0.25) is 14.5 Å². The third kappa shape index (κ3) is 5.75. The van der Waals surface area contributed by atoms with E-state index in [-0.39, 0.29) is 24.4 Å². The van der Waals surface area contributed by atoms with Crippen LogP contribution in [0.2, 0.25) is 0 Å². The average Bonchev–Trinajstić information content (AvgIpc) is 3.39. The standard InChI is InChI=1S/C22H33N3O3S/c1-5-11-17(19(26)28-15-7-3)16-22(12-9-10-13-22)20(27)25(14-6-2)21-24-23-18(8-4)29-21/h6-7,17H,2-3,5,8-16H2,1,4H3/t17-/m1/s1. The number of nitrogens with zero attached hydrogens (tertiary/aromatic N) is 3. The number of carbonyl (C=O) groups excluding carboxylic acids is 2. The van der Waals surface area contributed by atoms with E-state index >= 15 is 0 Å². The number of aromatic nitrogens is 2. The number of aryl methyl sites for hydroxylation is 1. The molecule has 1 saturated carbocycles. The molecule has 0 saturated heterocycles. The molecule has 2 rings (SSSR count). The molecule has 1 aromatic heterocycles. The Bertz CT molecular complexity index is 710. The molecule has 1 aliphatic carbocycles. The summed E-state index contributed by atoms with van der Waals surface area (Å²) >= 11 is 1.45. The number of hydrogen-bond donors (Lipinski definition) is 0. The predicted molar refractivity (Wildman–Crippen MR) is 117 cm³/mol. The molecule has 0 aromatic carbocycles. The van der Waals surface area contributed by atoms with E-state index in [1.807, 2.05) is 6.92 Å². The lowest BCUT2D eigenvalue weighted by atomic mass is 9.75. The maximum Gasteiger partial charge on any atom is 0.309 e. The van der Waals surface area contributed by atoms with Crippen molar-refractivity contribution in [3.63, 3.8) is 0 Å². The Morgan fingerprint density at radius 2 is 1.97 bits per heavy atom. The highest BCUT2D eigenvalue weighted by Gasteiger charge is 2.46. The summed E-state index contributed by atoms with van der Waals surface area (Å²) in [6.45, 7) is 12.1. The minimum atomic E-state index is -0.561. The van der Waals surface area contributed by atoms with Crippen LogP contribution in [0.4, 0.5) is 5.13 Å². The Morgan fingerprint density at radius 3 is 2.52 bits per heavy atom. The summed E-state index contributed by atoms with van der Waals surface area (Å²) in [5, 5.41) is 9.94. The van der Waals surface area contributed by atoms with Gasteiger partial charge in [-0.2, -0.15) is 0 Å². The lowest BCUT2D eigenvalue weighted by Gasteiger charge is -2.34. The molecule has 1 fully saturated rings. The summed E-state index contributed by atoms with van der Waals surface area (Å²) in [6.07, 6.45) is 9.72. The Hall–Kier alpha value is -2.02. The molecule has 0 N–H and O–H groups in total. The van der Waals surface area contributed by atoms with Gasteiger partial charge in [0.2, 0.25) is 11.0 Å². The lowest BCUT2D eigenvalue weighted by molar-refractivity contribution is -0.149. The third-order valence-corrected chi connectivity index (χ3v) is 6.60. The van der Waals surface area contributed by atoms with Crippen LogP contribution in [0.25, 0.3) is 0 Å². The Kier molecular flexibility index (Phi) is 9.01. The first-order valence-electron chi connectivity index (χ1n) is 10.5. The molecular weight excluding hydrogens is 386 g/mol. The van der Waals surface area contributed by atoms with Crippen molar-refractivity contribution in [3.8, 4) is 0 Å². The van der Waals surface area contributed by atoms with Crippen LogP contribution in [0.5, 0.6) is 0 Å². The predicted octanol–water partition coefficient (Wildman–Crippen LogP) is 4.72. The summed E-state index contributed by atoms with van der Waals surface area (Å²) in [5.74, 6) is -0.482. The van der Waals surface area contributed by atoms with Crippen LogP contribution < -0.4 is 4.90 Å². The van der Waals surface area contributed by atoms with E-state index in [4.69, 9.17) is 4.74 Å². The number of rotatable bonds is 12. The van der Waals surface area contributed by atoms with Crippen LogP contribution in [-0.2, 0) is 20.7 Å². The summed E-state index contributed by atoms with van der Waals surface area (Å²) in [7, 11) is 0. The first-order valence-corrected chi connectivity index (χ1v) is 11.4. The zero-order valence-electron chi connectivity index (χ0n) is 17.7. The van der Waals surface area contributed by atoms with Crippen LogP contribution in [0.3, 0.4) is 0 Å². The number of carbonyl (C=O) groups is 2. The number of hydrogen-bond acceptors (Lipinski definition) is 6. The first-order chi connectivity index (χ1) is 14.0. The van der Waals surface area contributed by atoms with Gasteiger partial charge in [0, 0.05) is 6.54 Å². The quantitative estimate of drug-likeness (QED) is 0.362. The number of anilines is 1. The van der Waals surface area contributed by atoms with E-state index in [1.54, 1.807) is 17.1 Å². The van der Waals surface area contributed by atoms with Crippen molar-refractivity contribution in [2.75, 3.05) is 18.1 Å². The Morgan fingerprint density at radius 1 is 1.24 bits per heavy atom. The number of esters is 1. The molecule has 7 heteroatoms. The fourth-order valence-electron chi connectivity index (χ4n) is 4.10. The highest BCUT2D eigenvalue weighted by atomic mass is 32.1. The minimum absolute atomic E-state index is 0.0336. The summed E-state index contributed by atoms with van der Waals surface area (Å²) in [6, 6.07) is 0. The number of amides is 1. The van der Waals surface area contributed by atoms with E-state index in [2.05, 4.69) is 30.3 Å². The van der Waals surface area contributed by atoms with Crippen molar-refractivity contribution in [3.05, 3.63) is 30.3 Å². The van der Waals surface area contributed by atoms with Gasteiger partial charge in [0.25, 0.3) is 0 Å². The molecule has 0 unspecified atom stereocenters.